The van der Waals surface area contributed by atoms with Crippen molar-refractivity contribution in [1.29, 1.82) is 0 Å². The average molecular weight is 347 g/mol. The Bertz CT molecular complexity index is 930. The fraction of sp³-hybridized carbons (Fsp3) is 0.421. The third-order valence-corrected chi connectivity index (χ3v) is 5.09. The van der Waals surface area contributed by atoms with E-state index in [1.807, 2.05) is 19.1 Å². The molecule has 0 spiro atoms. The Balaban J connectivity index is 1.20. The molecule has 0 radical (unpaired) electrons. The first-order chi connectivity index (χ1) is 12.8. The van der Waals surface area contributed by atoms with Gasteiger partial charge in [0, 0.05) is 37.7 Å². The maximum atomic E-state index is 4.54. The molecule has 2 aliphatic rings. The predicted molar refractivity (Wildman–Crippen MR) is 100 cm³/mol. The largest absolute Gasteiger partial charge is 0.369 e. The van der Waals surface area contributed by atoms with Crippen LogP contribution in [0.5, 0.6) is 0 Å². The van der Waals surface area contributed by atoms with Crippen molar-refractivity contribution in [2.45, 2.75) is 25.7 Å². The van der Waals surface area contributed by atoms with E-state index in [4.69, 9.17) is 0 Å². The van der Waals surface area contributed by atoms with Crippen molar-refractivity contribution in [3.05, 3.63) is 42.0 Å². The average Bonchev–Trinajstić information content (AvgIpc) is 3.46. The lowest BCUT2D eigenvalue weighted by atomic mass is 10.00. The highest BCUT2D eigenvalue weighted by Crippen LogP contribution is 2.39. The summed E-state index contributed by atoms with van der Waals surface area (Å²) >= 11 is 0. The number of aromatic nitrogens is 5. The van der Waals surface area contributed by atoms with Crippen LogP contribution in [-0.4, -0.2) is 44.8 Å². The first kappa shape index (κ1) is 15.4. The Morgan fingerprint density at radius 1 is 1.12 bits per heavy atom. The number of aryl methyl sites for hydroxylation is 1. The molecule has 1 aliphatic heterocycles. The van der Waals surface area contributed by atoms with Gasteiger partial charge < -0.3 is 10.2 Å². The molecule has 0 amide bonds. The van der Waals surface area contributed by atoms with Gasteiger partial charge in [-0.25, -0.2) is 15.0 Å². The number of hydrogen-bond donors (Lipinski definition) is 1. The van der Waals surface area contributed by atoms with E-state index in [0.717, 1.165) is 53.8 Å². The summed E-state index contributed by atoms with van der Waals surface area (Å²) < 4.78 is 0. The smallest absolute Gasteiger partial charge is 0.164 e. The van der Waals surface area contributed by atoms with Crippen molar-refractivity contribution in [3.8, 4) is 0 Å². The Morgan fingerprint density at radius 3 is 2.77 bits per heavy atom. The number of anilines is 2. The second-order valence-electron chi connectivity index (χ2n) is 7.24. The monoisotopic (exact) mass is 347 g/mol. The Kier molecular flexibility index (Phi) is 3.65. The molecule has 2 fully saturated rings. The van der Waals surface area contributed by atoms with Crippen molar-refractivity contribution in [2.24, 2.45) is 5.92 Å². The number of nitrogens with one attached hydrogen (secondary N) is 1. The molecule has 7 nitrogen and oxygen atoms in total. The molecule has 0 aromatic carbocycles. The summed E-state index contributed by atoms with van der Waals surface area (Å²) in [5.41, 5.74) is 1.89. The molecule has 4 heterocycles. The predicted octanol–water partition coefficient (Wildman–Crippen LogP) is 2.55. The van der Waals surface area contributed by atoms with Crippen LogP contribution >= 0.6 is 0 Å². The summed E-state index contributed by atoms with van der Waals surface area (Å²) in [6.45, 7) is 4.76. The normalized spacial score (nSPS) is 17.3. The zero-order valence-electron chi connectivity index (χ0n) is 14.8. The van der Waals surface area contributed by atoms with Crippen LogP contribution in [-0.2, 0) is 0 Å². The lowest BCUT2D eigenvalue weighted by Gasteiger charge is -2.40. The minimum Gasteiger partial charge on any atom is -0.369 e. The lowest BCUT2D eigenvalue weighted by molar-refractivity contribution is 0.425. The van der Waals surface area contributed by atoms with Crippen molar-refractivity contribution < 1.29 is 0 Å². The Labute approximate surface area is 151 Å². The molecular formula is C19H21N7. The molecule has 3 aromatic rings. The Hall–Kier alpha value is -2.83. The fourth-order valence-electron chi connectivity index (χ4n) is 3.43. The van der Waals surface area contributed by atoms with E-state index in [0.29, 0.717) is 11.8 Å². The number of fused-ring (bicyclic) bond motifs is 1. The van der Waals surface area contributed by atoms with Crippen LogP contribution < -0.4 is 10.2 Å². The standard InChI is InChI=1S/C19H21N7/c1-12-22-18-15(3-2-8-20-18)19(23-12)21-9-13-10-26(11-13)17-7-6-16(24-25-17)14-4-5-14/h2-3,6-8,13-14H,4-5,9-11H2,1H3,(H,20,21,22,23). The molecule has 1 N–H and O–H groups in total. The first-order valence-electron chi connectivity index (χ1n) is 9.18. The third-order valence-electron chi connectivity index (χ3n) is 5.09. The molecule has 132 valence electrons. The zero-order chi connectivity index (χ0) is 17.5. The van der Waals surface area contributed by atoms with Crippen LogP contribution in [0.2, 0.25) is 0 Å². The van der Waals surface area contributed by atoms with E-state index in [-0.39, 0.29) is 0 Å². The van der Waals surface area contributed by atoms with Gasteiger partial charge in [0.1, 0.15) is 11.6 Å². The SMILES string of the molecule is Cc1nc(NCC2CN(c3ccc(C4CC4)nn3)C2)c2cccnc2n1. The van der Waals surface area contributed by atoms with Crippen LogP contribution in [0.4, 0.5) is 11.6 Å². The molecule has 1 aliphatic carbocycles. The van der Waals surface area contributed by atoms with Gasteiger partial charge in [0.15, 0.2) is 11.5 Å². The van der Waals surface area contributed by atoms with Crippen LogP contribution in [0, 0.1) is 12.8 Å². The van der Waals surface area contributed by atoms with Crippen LogP contribution in [0.3, 0.4) is 0 Å². The van der Waals surface area contributed by atoms with Gasteiger partial charge in [0.05, 0.1) is 11.1 Å². The highest BCUT2D eigenvalue weighted by Gasteiger charge is 2.29. The molecule has 26 heavy (non-hydrogen) atoms. The molecule has 0 bridgehead atoms. The van der Waals surface area contributed by atoms with Gasteiger partial charge in [0.25, 0.3) is 0 Å². The molecule has 0 atom stereocenters. The number of nitrogens with zero attached hydrogens (tertiary/aromatic N) is 6. The van der Waals surface area contributed by atoms with Crippen molar-refractivity contribution in [3.63, 3.8) is 0 Å². The topological polar surface area (TPSA) is 79.7 Å². The number of hydrogen-bond acceptors (Lipinski definition) is 7. The van der Waals surface area contributed by atoms with E-state index < -0.39 is 0 Å². The highest BCUT2D eigenvalue weighted by molar-refractivity contribution is 5.86. The van der Waals surface area contributed by atoms with Gasteiger partial charge >= 0.3 is 0 Å². The fourth-order valence-corrected chi connectivity index (χ4v) is 3.43. The molecule has 3 aromatic heterocycles. The van der Waals surface area contributed by atoms with Crippen molar-refractivity contribution in [1.82, 2.24) is 25.1 Å². The molecule has 5 rings (SSSR count). The molecule has 7 heteroatoms. The van der Waals surface area contributed by atoms with Gasteiger partial charge in [-0.1, -0.05) is 0 Å². The van der Waals surface area contributed by atoms with E-state index in [1.54, 1.807) is 6.20 Å². The first-order valence-corrected chi connectivity index (χ1v) is 9.18. The maximum Gasteiger partial charge on any atom is 0.164 e. The second-order valence-corrected chi connectivity index (χ2v) is 7.24. The summed E-state index contributed by atoms with van der Waals surface area (Å²) in [4.78, 5) is 15.5. The van der Waals surface area contributed by atoms with E-state index in [9.17, 15) is 0 Å². The van der Waals surface area contributed by atoms with E-state index in [1.165, 1.54) is 12.8 Å². The molecule has 0 unspecified atom stereocenters. The zero-order valence-corrected chi connectivity index (χ0v) is 14.8. The molecular weight excluding hydrogens is 326 g/mol. The van der Waals surface area contributed by atoms with Crippen molar-refractivity contribution in [2.75, 3.05) is 29.9 Å². The summed E-state index contributed by atoms with van der Waals surface area (Å²) in [7, 11) is 0. The van der Waals surface area contributed by atoms with Crippen molar-refractivity contribution >= 4 is 22.7 Å². The molecule has 1 saturated carbocycles. The minimum absolute atomic E-state index is 0.571. The summed E-state index contributed by atoms with van der Waals surface area (Å²) in [6, 6.07) is 8.17. The second kappa shape index (κ2) is 6.16. The van der Waals surface area contributed by atoms with Gasteiger partial charge in [-0.05, 0) is 44.0 Å². The summed E-state index contributed by atoms with van der Waals surface area (Å²) in [5, 5.41) is 13.2. The lowest BCUT2D eigenvalue weighted by Crippen LogP contribution is -2.50. The number of rotatable bonds is 5. The summed E-state index contributed by atoms with van der Waals surface area (Å²) in [6.07, 6.45) is 4.29. The number of pyridine rings is 1. The van der Waals surface area contributed by atoms with Crippen LogP contribution in [0.1, 0.15) is 30.3 Å². The Morgan fingerprint density at radius 2 is 2.00 bits per heavy atom. The summed E-state index contributed by atoms with van der Waals surface area (Å²) in [5.74, 6) is 3.82. The maximum absolute atomic E-state index is 4.54. The third kappa shape index (κ3) is 2.94. The quantitative estimate of drug-likeness (QED) is 0.760. The van der Waals surface area contributed by atoms with Gasteiger partial charge in [-0.15, -0.1) is 5.10 Å². The minimum atomic E-state index is 0.571. The highest BCUT2D eigenvalue weighted by atomic mass is 15.3. The van der Waals surface area contributed by atoms with Gasteiger partial charge in [0.2, 0.25) is 0 Å². The van der Waals surface area contributed by atoms with Crippen LogP contribution in [0.15, 0.2) is 30.5 Å². The van der Waals surface area contributed by atoms with Gasteiger partial charge in [-0.3, -0.25) is 0 Å². The van der Waals surface area contributed by atoms with Crippen LogP contribution in [0.25, 0.3) is 11.0 Å². The molecule has 1 saturated heterocycles. The van der Waals surface area contributed by atoms with E-state index in [2.05, 4.69) is 47.5 Å². The van der Waals surface area contributed by atoms with E-state index >= 15 is 0 Å². The van der Waals surface area contributed by atoms with Gasteiger partial charge in [-0.2, -0.15) is 5.10 Å².